The smallest absolute Gasteiger partial charge is 0.145 e. The Bertz CT molecular complexity index is 618. The van der Waals surface area contributed by atoms with E-state index in [2.05, 4.69) is 27.4 Å². The lowest BCUT2D eigenvalue weighted by Gasteiger charge is -2.32. The van der Waals surface area contributed by atoms with Crippen molar-refractivity contribution in [2.45, 2.75) is 29.2 Å². The van der Waals surface area contributed by atoms with Gasteiger partial charge in [-0.3, -0.25) is 4.98 Å². The van der Waals surface area contributed by atoms with Crippen LogP contribution in [0.2, 0.25) is 0 Å². The molecule has 2 heterocycles. The Morgan fingerprint density at radius 3 is 2.74 bits per heavy atom. The second kappa shape index (κ2) is 7.77. The van der Waals surface area contributed by atoms with Gasteiger partial charge in [-0.05, 0) is 5.56 Å². The van der Waals surface area contributed by atoms with E-state index < -0.39 is 5.60 Å². The van der Waals surface area contributed by atoms with Crippen molar-refractivity contribution in [2.24, 2.45) is 0 Å². The van der Waals surface area contributed by atoms with E-state index in [1.54, 1.807) is 24.2 Å². The zero-order valence-corrected chi connectivity index (χ0v) is 13.8. The average molecular weight is 331 g/mol. The molecule has 0 unspecified atom stereocenters. The molecule has 122 valence electrons. The monoisotopic (exact) mass is 331 g/mol. The van der Waals surface area contributed by atoms with E-state index in [1.807, 2.05) is 18.2 Å². The number of anilines is 1. The maximum absolute atomic E-state index is 10.5. The zero-order valence-electron chi connectivity index (χ0n) is 12.9. The van der Waals surface area contributed by atoms with Gasteiger partial charge in [-0.2, -0.15) is 0 Å². The summed E-state index contributed by atoms with van der Waals surface area (Å²) in [4.78, 5) is 8.78. The Labute approximate surface area is 140 Å². The van der Waals surface area contributed by atoms with Crippen molar-refractivity contribution in [1.29, 1.82) is 0 Å². The maximum atomic E-state index is 10.5. The van der Waals surface area contributed by atoms with Gasteiger partial charge < -0.3 is 15.2 Å². The summed E-state index contributed by atoms with van der Waals surface area (Å²) in [7, 11) is 0. The summed E-state index contributed by atoms with van der Waals surface area (Å²) in [5.41, 5.74) is 0.543. The van der Waals surface area contributed by atoms with E-state index in [1.165, 1.54) is 5.56 Å². The fourth-order valence-corrected chi connectivity index (χ4v) is 3.22. The predicted molar refractivity (Wildman–Crippen MR) is 91.5 cm³/mol. The molecule has 1 aromatic heterocycles. The van der Waals surface area contributed by atoms with Crippen LogP contribution in [0.5, 0.6) is 0 Å². The van der Waals surface area contributed by atoms with Crippen LogP contribution in [0.1, 0.15) is 18.4 Å². The number of ether oxygens (including phenoxy) is 1. The normalized spacial score (nSPS) is 16.9. The van der Waals surface area contributed by atoms with Gasteiger partial charge in [0.25, 0.3) is 0 Å². The Hall–Kier alpha value is -1.63. The highest BCUT2D eigenvalue weighted by Crippen LogP contribution is 2.23. The minimum Gasteiger partial charge on any atom is -0.388 e. The average Bonchev–Trinajstić information content (AvgIpc) is 2.60. The molecule has 0 amide bonds. The van der Waals surface area contributed by atoms with Crippen molar-refractivity contribution in [1.82, 2.24) is 9.97 Å². The second-order valence-corrected chi connectivity index (χ2v) is 6.70. The van der Waals surface area contributed by atoms with Crippen molar-refractivity contribution in [2.75, 3.05) is 25.1 Å². The molecule has 0 aliphatic carbocycles. The summed E-state index contributed by atoms with van der Waals surface area (Å²) in [6.45, 7) is 1.69. The Morgan fingerprint density at radius 2 is 1.96 bits per heavy atom. The maximum Gasteiger partial charge on any atom is 0.145 e. The Kier molecular flexibility index (Phi) is 5.48. The van der Waals surface area contributed by atoms with Crippen LogP contribution in [0.15, 0.2) is 47.8 Å². The predicted octanol–water partition coefficient (Wildman–Crippen LogP) is 2.72. The van der Waals surface area contributed by atoms with E-state index >= 15 is 0 Å². The van der Waals surface area contributed by atoms with Crippen LogP contribution >= 0.6 is 11.8 Å². The van der Waals surface area contributed by atoms with Crippen LogP contribution in [-0.2, 0) is 10.5 Å². The molecule has 3 rings (SSSR count). The van der Waals surface area contributed by atoms with E-state index in [4.69, 9.17) is 4.74 Å². The van der Waals surface area contributed by atoms with Crippen LogP contribution in [0.3, 0.4) is 0 Å². The minimum absolute atomic E-state index is 0.470. The lowest BCUT2D eigenvalue weighted by Crippen LogP contribution is -2.42. The van der Waals surface area contributed by atoms with Gasteiger partial charge in [0.2, 0.25) is 0 Å². The second-order valence-electron chi connectivity index (χ2n) is 5.71. The third-order valence-electron chi connectivity index (χ3n) is 3.86. The number of aliphatic hydroxyl groups is 1. The quantitative estimate of drug-likeness (QED) is 0.794. The topological polar surface area (TPSA) is 67.3 Å². The highest BCUT2D eigenvalue weighted by Gasteiger charge is 2.29. The van der Waals surface area contributed by atoms with Crippen LogP contribution in [-0.4, -0.2) is 40.4 Å². The molecule has 0 bridgehead atoms. The highest BCUT2D eigenvalue weighted by molar-refractivity contribution is 7.98. The van der Waals surface area contributed by atoms with E-state index in [9.17, 15) is 5.11 Å². The number of aromatic nitrogens is 2. The number of hydrogen-bond donors (Lipinski definition) is 2. The fraction of sp³-hybridized carbons (Fsp3) is 0.412. The molecular weight excluding hydrogens is 310 g/mol. The summed E-state index contributed by atoms with van der Waals surface area (Å²) in [5, 5.41) is 14.5. The molecule has 0 radical (unpaired) electrons. The first-order valence-electron chi connectivity index (χ1n) is 7.76. The molecule has 1 aliphatic rings. The van der Waals surface area contributed by atoms with Gasteiger partial charge in [-0.25, -0.2) is 4.98 Å². The summed E-state index contributed by atoms with van der Waals surface area (Å²) in [6.07, 6.45) is 4.75. The lowest BCUT2D eigenvalue weighted by molar-refractivity contribution is -0.0543. The highest BCUT2D eigenvalue weighted by atomic mass is 32.2. The summed E-state index contributed by atoms with van der Waals surface area (Å²) < 4.78 is 5.29. The molecule has 2 aromatic rings. The van der Waals surface area contributed by atoms with Crippen LogP contribution < -0.4 is 5.32 Å². The van der Waals surface area contributed by atoms with Gasteiger partial charge >= 0.3 is 0 Å². The van der Waals surface area contributed by atoms with Gasteiger partial charge in [0, 0.05) is 38.4 Å². The van der Waals surface area contributed by atoms with Gasteiger partial charge in [-0.15, -0.1) is 11.8 Å². The van der Waals surface area contributed by atoms with Crippen molar-refractivity contribution < 1.29 is 9.84 Å². The number of nitrogens with zero attached hydrogens (tertiary/aromatic N) is 2. The molecular formula is C17H21N3O2S. The first-order chi connectivity index (χ1) is 11.2. The molecule has 1 aromatic carbocycles. The van der Waals surface area contributed by atoms with Crippen LogP contribution in [0, 0.1) is 0 Å². The molecule has 6 heteroatoms. The number of nitrogens with one attached hydrogen (secondary N) is 1. The first-order valence-corrected chi connectivity index (χ1v) is 8.75. The van der Waals surface area contributed by atoms with Gasteiger partial charge in [0.05, 0.1) is 18.0 Å². The zero-order chi connectivity index (χ0) is 16.0. The molecule has 0 spiro atoms. The summed E-state index contributed by atoms with van der Waals surface area (Å²) in [6, 6.07) is 10.3. The lowest BCUT2D eigenvalue weighted by atomic mass is 9.94. The van der Waals surface area contributed by atoms with Gasteiger partial charge in [-0.1, -0.05) is 30.3 Å². The van der Waals surface area contributed by atoms with E-state index in [0.717, 1.165) is 10.8 Å². The number of hydrogen-bond acceptors (Lipinski definition) is 6. The fourth-order valence-electron chi connectivity index (χ4n) is 2.42. The molecule has 5 nitrogen and oxygen atoms in total. The summed E-state index contributed by atoms with van der Waals surface area (Å²) >= 11 is 1.65. The van der Waals surface area contributed by atoms with Crippen LogP contribution in [0.25, 0.3) is 0 Å². The molecule has 1 aliphatic heterocycles. The van der Waals surface area contributed by atoms with E-state index in [0.29, 0.717) is 38.4 Å². The molecule has 23 heavy (non-hydrogen) atoms. The SMILES string of the molecule is OC1(CNc2cncc(SCc3ccccc3)n2)CCOCC1. The standard InChI is InChI=1S/C17H21N3O2S/c21-17(6-8-22-9-7-17)13-19-15-10-18-11-16(20-15)23-12-14-4-2-1-3-5-14/h1-5,10-11,21H,6-9,12-13H2,(H,19,20). The third-order valence-corrected chi connectivity index (χ3v) is 4.83. The summed E-state index contributed by atoms with van der Waals surface area (Å²) in [5.74, 6) is 1.56. The molecule has 1 saturated heterocycles. The molecule has 0 saturated carbocycles. The largest absolute Gasteiger partial charge is 0.388 e. The van der Waals surface area contributed by atoms with Crippen LogP contribution in [0.4, 0.5) is 5.82 Å². The van der Waals surface area contributed by atoms with Gasteiger partial charge in [0.15, 0.2) is 0 Å². The molecule has 0 atom stereocenters. The first kappa shape index (κ1) is 16.2. The molecule has 2 N–H and O–H groups in total. The third kappa shape index (κ3) is 4.92. The number of rotatable bonds is 6. The van der Waals surface area contributed by atoms with Crippen molar-refractivity contribution in [3.8, 4) is 0 Å². The number of thioether (sulfide) groups is 1. The van der Waals surface area contributed by atoms with Crippen molar-refractivity contribution >= 4 is 17.6 Å². The van der Waals surface area contributed by atoms with E-state index in [-0.39, 0.29) is 0 Å². The van der Waals surface area contributed by atoms with Gasteiger partial charge in [0.1, 0.15) is 10.8 Å². The van der Waals surface area contributed by atoms with Crippen molar-refractivity contribution in [3.63, 3.8) is 0 Å². The Morgan fingerprint density at radius 1 is 1.17 bits per heavy atom. The Balaban J connectivity index is 1.54. The molecule has 1 fully saturated rings. The van der Waals surface area contributed by atoms with Crippen molar-refractivity contribution in [3.05, 3.63) is 48.3 Å². The minimum atomic E-state index is -0.715. The number of benzene rings is 1.